The van der Waals surface area contributed by atoms with Crippen molar-refractivity contribution >= 4 is 16.9 Å². The lowest BCUT2D eigenvalue weighted by Crippen LogP contribution is -2.37. The third-order valence-corrected chi connectivity index (χ3v) is 3.97. The molecular formula is C18H14F5N3O. The number of benzene rings is 1. The summed E-state index contributed by atoms with van der Waals surface area (Å²) in [7, 11) is 0. The molecule has 0 bridgehead atoms. The first kappa shape index (κ1) is 18.8. The van der Waals surface area contributed by atoms with Crippen LogP contribution in [0, 0.1) is 11.6 Å². The molecule has 0 fully saturated rings. The molecule has 3 rings (SSSR count). The van der Waals surface area contributed by atoms with E-state index in [9.17, 15) is 26.7 Å². The fraction of sp³-hybridized carbons (Fsp3) is 0.222. The van der Waals surface area contributed by atoms with Crippen molar-refractivity contribution in [1.82, 2.24) is 14.9 Å². The van der Waals surface area contributed by atoms with Crippen LogP contribution in [0.25, 0.3) is 11.0 Å². The van der Waals surface area contributed by atoms with E-state index < -0.39 is 41.0 Å². The van der Waals surface area contributed by atoms with E-state index >= 15 is 0 Å². The molecule has 2 heterocycles. The van der Waals surface area contributed by atoms with Crippen LogP contribution in [0.15, 0.2) is 42.6 Å². The topological polar surface area (TPSA) is 46.9 Å². The standard InChI is InChI=1S/C18H14F5N3O/c1-10(25-17(27)15-12(19)5-2-6-13(15)20)9-26-14(18(21,22)23)8-11-4-3-7-24-16(11)26/h2-8,10H,9H2,1H3,(H,25,27)/t10-/m1/s1. The summed E-state index contributed by atoms with van der Waals surface area (Å²) >= 11 is 0. The van der Waals surface area contributed by atoms with Crippen LogP contribution in [-0.2, 0) is 12.7 Å². The number of nitrogens with one attached hydrogen (secondary N) is 1. The van der Waals surface area contributed by atoms with Crippen LogP contribution < -0.4 is 5.32 Å². The van der Waals surface area contributed by atoms with E-state index in [0.717, 1.165) is 28.8 Å². The molecule has 0 aliphatic carbocycles. The fourth-order valence-corrected chi connectivity index (χ4v) is 2.84. The number of halogens is 5. The van der Waals surface area contributed by atoms with Crippen LogP contribution in [0.2, 0.25) is 0 Å². The Balaban J connectivity index is 1.88. The van der Waals surface area contributed by atoms with Gasteiger partial charge in [0.15, 0.2) is 0 Å². The first-order valence-electron chi connectivity index (χ1n) is 7.95. The smallest absolute Gasteiger partial charge is 0.348 e. The highest BCUT2D eigenvalue weighted by Crippen LogP contribution is 2.33. The Labute approximate surface area is 150 Å². The highest BCUT2D eigenvalue weighted by Gasteiger charge is 2.36. The predicted octanol–water partition coefficient (Wildman–Crippen LogP) is 4.15. The Morgan fingerprint density at radius 2 is 1.85 bits per heavy atom. The lowest BCUT2D eigenvalue weighted by molar-refractivity contribution is -0.143. The van der Waals surface area contributed by atoms with Crippen LogP contribution in [0.5, 0.6) is 0 Å². The molecule has 9 heteroatoms. The highest BCUT2D eigenvalue weighted by atomic mass is 19.4. The van der Waals surface area contributed by atoms with Crippen molar-refractivity contribution in [1.29, 1.82) is 0 Å². The number of hydrogen-bond acceptors (Lipinski definition) is 2. The summed E-state index contributed by atoms with van der Waals surface area (Å²) in [5, 5.41) is 2.62. The number of hydrogen-bond donors (Lipinski definition) is 1. The Bertz CT molecular complexity index is 976. The van der Waals surface area contributed by atoms with Gasteiger partial charge in [0.1, 0.15) is 28.5 Å². The van der Waals surface area contributed by atoms with E-state index in [1.165, 1.54) is 25.3 Å². The van der Waals surface area contributed by atoms with Crippen LogP contribution in [-0.4, -0.2) is 21.5 Å². The minimum Gasteiger partial charge on any atom is -0.348 e. The van der Waals surface area contributed by atoms with Crippen molar-refractivity contribution in [2.45, 2.75) is 25.7 Å². The molecule has 1 atom stereocenters. The van der Waals surface area contributed by atoms with Gasteiger partial charge in [-0.05, 0) is 37.3 Å². The molecule has 0 saturated carbocycles. The molecule has 0 radical (unpaired) electrons. The van der Waals surface area contributed by atoms with Crippen molar-refractivity contribution in [2.24, 2.45) is 0 Å². The van der Waals surface area contributed by atoms with Crippen molar-refractivity contribution in [2.75, 3.05) is 0 Å². The molecule has 1 N–H and O–H groups in total. The zero-order valence-corrected chi connectivity index (χ0v) is 14.0. The second-order valence-corrected chi connectivity index (χ2v) is 6.03. The molecular weight excluding hydrogens is 369 g/mol. The summed E-state index contributed by atoms with van der Waals surface area (Å²) in [5.74, 6) is -3.15. The molecule has 0 aliphatic rings. The second-order valence-electron chi connectivity index (χ2n) is 6.03. The van der Waals surface area contributed by atoms with Gasteiger partial charge in [-0.25, -0.2) is 13.8 Å². The molecule has 0 spiro atoms. The van der Waals surface area contributed by atoms with E-state index in [0.29, 0.717) is 5.39 Å². The lowest BCUT2D eigenvalue weighted by Gasteiger charge is -2.19. The third kappa shape index (κ3) is 3.76. The van der Waals surface area contributed by atoms with Crippen LogP contribution in [0.4, 0.5) is 22.0 Å². The average Bonchev–Trinajstić information content (AvgIpc) is 2.93. The minimum absolute atomic E-state index is 0.1000. The molecule has 2 aromatic heterocycles. The van der Waals surface area contributed by atoms with Crippen molar-refractivity contribution < 1.29 is 26.7 Å². The maximum Gasteiger partial charge on any atom is 0.431 e. The van der Waals surface area contributed by atoms with Crippen molar-refractivity contribution in [3.63, 3.8) is 0 Å². The number of amides is 1. The van der Waals surface area contributed by atoms with E-state index in [1.54, 1.807) is 0 Å². The van der Waals surface area contributed by atoms with Gasteiger partial charge in [0, 0.05) is 24.2 Å². The van der Waals surface area contributed by atoms with Crippen LogP contribution in [0.1, 0.15) is 23.0 Å². The van der Waals surface area contributed by atoms with Gasteiger partial charge in [-0.15, -0.1) is 0 Å². The van der Waals surface area contributed by atoms with Gasteiger partial charge in [-0.3, -0.25) is 4.79 Å². The number of rotatable bonds is 4. The zero-order valence-electron chi connectivity index (χ0n) is 14.0. The molecule has 142 valence electrons. The van der Waals surface area contributed by atoms with Crippen molar-refractivity contribution in [3.8, 4) is 0 Å². The second kappa shape index (κ2) is 6.98. The molecule has 1 aromatic carbocycles. The van der Waals surface area contributed by atoms with Gasteiger partial charge in [0.05, 0.1) is 0 Å². The Morgan fingerprint density at radius 1 is 1.19 bits per heavy atom. The number of fused-ring (bicyclic) bond motifs is 1. The van der Waals surface area contributed by atoms with E-state index in [4.69, 9.17) is 0 Å². The Kier molecular flexibility index (Phi) is 4.86. The summed E-state index contributed by atoms with van der Waals surface area (Å²) in [6.07, 6.45) is -3.26. The predicted molar refractivity (Wildman–Crippen MR) is 88.0 cm³/mol. The van der Waals surface area contributed by atoms with Crippen LogP contribution >= 0.6 is 0 Å². The molecule has 27 heavy (non-hydrogen) atoms. The van der Waals surface area contributed by atoms with Gasteiger partial charge in [0.2, 0.25) is 0 Å². The monoisotopic (exact) mass is 383 g/mol. The summed E-state index contributed by atoms with van der Waals surface area (Å²) in [6.45, 7) is 1.16. The maximum atomic E-state index is 13.7. The number of carbonyl (C=O) groups is 1. The zero-order chi connectivity index (χ0) is 19.8. The lowest BCUT2D eigenvalue weighted by atomic mass is 10.1. The normalized spacial score (nSPS) is 13.0. The number of nitrogens with zero attached hydrogens (tertiary/aromatic N) is 2. The van der Waals surface area contributed by atoms with Gasteiger partial charge >= 0.3 is 6.18 Å². The maximum absolute atomic E-state index is 13.7. The number of aromatic nitrogens is 2. The molecule has 3 aromatic rings. The van der Waals surface area contributed by atoms with Crippen LogP contribution in [0.3, 0.4) is 0 Å². The summed E-state index contributed by atoms with van der Waals surface area (Å²) in [5.41, 5.74) is -1.60. The number of carbonyl (C=O) groups excluding carboxylic acids is 1. The number of pyridine rings is 1. The molecule has 0 aliphatic heterocycles. The largest absolute Gasteiger partial charge is 0.431 e. The molecule has 0 saturated heterocycles. The number of alkyl halides is 3. The first-order chi connectivity index (χ1) is 12.7. The SMILES string of the molecule is C[C@H](Cn1c(C(F)(F)F)cc2cccnc21)NC(=O)c1c(F)cccc1F. The van der Waals surface area contributed by atoms with E-state index in [-0.39, 0.29) is 12.2 Å². The van der Waals surface area contributed by atoms with E-state index in [1.807, 2.05) is 0 Å². The fourth-order valence-electron chi connectivity index (χ4n) is 2.84. The van der Waals surface area contributed by atoms with Gasteiger partial charge < -0.3 is 9.88 Å². The van der Waals surface area contributed by atoms with Gasteiger partial charge in [0.25, 0.3) is 5.91 Å². The summed E-state index contributed by atoms with van der Waals surface area (Å²) < 4.78 is 68.3. The highest BCUT2D eigenvalue weighted by molar-refractivity contribution is 5.94. The summed E-state index contributed by atoms with van der Waals surface area (Å²) in [4.78, 5) is 16.1. The molecule has 4 nitrogen and oxygen atoms in total. The quantitative estimate of drug-likeness (QED) is 0.688. The third-order valence-electron chi connectivity index (χ3n) is 3.97. The Morgan fingerprint density at radius 3 is 2.48 bits per heavy atom. The molecule has 0 unspecified atom stereocenters. The van der Waals surface area contributed by atoms with E-state index in [2.05, 4.69) is 10.3 Å². The average molecular weight is 383 g/mol. The molecule has 1 amide bonds. The first-order valence-corrected chi connectivity index (χ1v) is 7.95. The van der Waals surface area contributed by atoms with Gasteiger partial charge in [-0.2, -0.15) is 13.2 Å². The summed E-state index contributed by atoms with van der Waals surface area (Å²) in [6, 6.07) is 6.08. The Hall–Kier alpha value is -2.97. The van der Waals surface area contributed by atoms with Crippen molar-refractivity contribution in [3.05, 3.63) is 65.5 Å². The minimum atomic E-state index is -4.62. The van der Waals surface area contributed by atoms with Gasteiger partial charge in [-0.1, -0.05) is 6.07 Å².